The highest BCUT2D eigenvalue weighted by Crippen LogP contribution is 2.28. The molecule has 8 heteroatoms. The third-order valence-electron chi connectivity index (χ3n) is 4.29. The molecule has 1 atom stereocenters. The predicted octanol–water partition coefficient (Wildman–Crippen LogP) is 2.95. The van der Waals surface area contributed by atoms with Crippen LogP contribution in [0.1, 0.15) is 45.0 Å². The summed E-state index contributed by atoms with van der Waals surface area (Å²) in [5.74, 6) is -0.590. The Morgan fingerprint density at radius 3 is 2.73 bits per heavy atom. The van der Waals surface area contributed by atoms with E-state index in [9.17, 15) is 14.0 Å². The number of amides is 2. The summed E-state index contributed by atoms with van der Waals surface area (Å²) in [7, 11) is 0. The van der Waals surface area contributed by atoms with Crippen LogP contribution < -0.4 is 10.2 Å². The first kappa shape index (κ1) is 18.0. The fourth-order valence-corrected chi connectivity index (χ4v) is 2.78. The smallest absolute Gasteiger partial charge is 0.250 e. The molecule has 1 N–H and O–H groups in total. The standard InChI is InChI=1S/C18H21FN4O3/c1-10-11(19)5-7-14(20-10)23-12(6-8-16(23)24)17(25)21-15-9-13(22-26-15)18(2,3)4/h5,7,9,12H,6,8H2,1-4H3,(H,21,25)/t12-/m0/s1. The van der Waals surface area contributed by atoms with Gasteiger partial charge in [0.05, 0.1) is 11.4 Å². The SMILES string of the molecule is Cc1nc(N2C(=O)CC[C@H]2C(=O)Nc2cc(C(C)(C)C)no2)ccc1F. The number of pyridine rings is 1. The lowest BCUT2D eigenvalue weighted by atomic mass is 9.92. The Bertz CT molecular complexity index is 856. The van der Waals surface area contributed by atoms with Crippen LogP contribution in [0.15, 0.2) is 22.7 Å². The molecular weight excluding hydrogens is 339 g/mol. The molecule has 2 aromatic heterocycles. The first-order valence-electron chi connectivity index (χ1n) is 8.40. The molecule has 3 rings (SSSR count). The third kappa shape index (κ3) is 3.44. The number of carbonyl (C=O) groups excluding carboxylic acids is 2. The van der Waals surface area contributed by atoms with Gasteiger partial charge in [0.2, 0.25) is 17.7 Å². The van der Waals surface area contributed by atoms with Crippen molar-refractivity contribution in [2.75, 3.05) is 10.2 Å². The maximum atomic E-state index is 13.5. The minimum Gasteiger partial charge on any atom is -0.338 e. The van der Waals surface area contributed by atoms with Gasteiger partial charge in [-0.25, -0.2) is 9.37 Å². The molecule has 1 saturated heterocycles. The van der Waals surface area contributed by atoms with Crippen molar-refractivity contribution in [3.63, 3.8) is 0 Å². The second-order valence-corrected chi connectivity index (χ2v) is 7.37. The van der Waals surface area contributed by atoms with E-state index in [0.29, 0.717) is 12.1 Å². The van der Waals surface area contributed by atoms with Crippen LogP contribution in [0, 0.1) is 12.7 Å². The van der Waals surface area contributed by atoms with Crippen LogP contribution in [-0.4, -0.2) is 28.0 Å². The van der Waals surface area contributed by atoms with Crippen LogP contribution in [0.4, 0.5) is 16.1 Å². The lowest BCUT2D eigenvalue weighted by Gasteiger charge is -2.23. The maximum Gasteiger partial charge on any atom is 0.250 e. The predicted molar refractivity (Wildman–Crippen MR) is 93.3 cm³/mol. The van der Waals surface area contributed by atoms with Crippen LogP contribution in [0.5, 0.6) is 0 Å². The Kier molecular flexibility index (Phi) is 4.52. The van der Waals surface area contributed by atoms with Crippen molar-refractivity contribution in [3.8, 4) is 0 Å². The van der Waals surface area contributed by atoms with Crippen molar-refractivity contribution in [1.82, 2.24) is 10.1 Å². The number of aromatic nitrogens is 2. The Hall–Kier alpha value is -2.77. The number of aryl methyl sites for hydroxylation is 1. The van der Waals surface area contributed by atoms with Crippen LogP contribution in [0.3, 0.4) is 0 Å². The lowest BCUT2D eigenvalue weighted by Crippen LogP contribution is -2.42. The number of carbonyl (C=O) groups is 2. The number of nitrogens with zero attached hydrogens (tertiary/aromatic N) is 3. The van der Waals surface area contributed by atoms with Gasteiger partial charge in [0.25, 0.3) is 0 Å². The summed E-state index contributed by atoms with van der Waals surface area (Å²) in [5.41, 5.74) is 0.673. The van der Waals surface area contributed by atoms with E-state index in [1.165, 1.54) is 24.0 Å². The van der Waals surface area contributed by atoms with E-state index in [-0.39, 0.29) is 35.1 Å². The molecule has 0 aliphatic carbocycles. The third-order valence-corrected chi connectivity index (χ3v) is 4.29. The minimum absolute atomic E-state index is 0.173. The van der Waals surface area contributed by atoms with Crippen LogP contribution in [0.2, 0.25) is 0 Å². The fourth-order valence-electron chi connectivity index (χ4n) is 2.78. The molecule has 3 heterocycles. The molecule has 138 valence electrons. The van der Waals surface area contributed by atoms with Crippen LogP contribution >= 0.6 is 0 Å². The molecule has 7 nitrogen and oxygen atoms in total. The number of hydrogen-bond donors (Lipinski definition) is 1. The molecule has 26 heavy (non-hydrogen) atoms. The molecule has 2 amide bonds. The fraction of sp³-hybridized carbons (Fsp3) is 0.444. The highest BCUT2D eigenvalue weighted by Gasteiger charge is 2.38. The van der Waals surface area contributed by atoms with E-state index in [1.54, 1.807) is 6.07 Å². The van der Waals surface area contributed by atoms with Gasteiger partial charge < -0.3 is 4.52 Å². The van der Waals surface area contributed by atoms with E-state index < -0.39 is 17.8 Å². The molecule has 0 saturated carbocycles. The first-order valence-corrected chi connectivity index (χ1v) is 8.40. The van der Waals surface area contributed by atoms with Gasteiger partial charge in [-0.2, -0.15) is 0 Å². The zero-order chi connectivity index (χ0) is 19.1. The highest BCUT2D eigenvalue weighted by atomic mass is 19.1. The maximum absolute atomic E-state index is 13.5. The summed E-state index contributed by atoms with van der Waals surface area (Å²) >= 11 is 0. The van der Waals surface area contributed by atoms with Crippen molar-refractivity contribution >= 4 is 23.5 Å². The number of anilines is 2. The monoisotopic (exact) mass is 360 g/mol. The molecule has 0 spiro atoms. The largest absolute Gasteiger partial charge is 0.338 e. The molecule has 0 radical (unpaired) electrons. The number of rotatable bonds is 3. The summed E-state index contributed by atoms with van der Waals surface area (Å²) in [5, 5.41) is 6.62. The van der Waals surface area contributed by atoms with Crippen molar-refractivity contribution in [2.24, 2.45) is 0 Å². The van der Waals surface area contributed by atoms with E-state index in [2.05, 4.69) is 15.5 Å². The second kappa shape index (κ2) is 6.51. The number of halogens is 1. The van der Waals surface area contributed by atoms with Gasteiger partial charge in [-0.15, -0.1) is 0 Å². The first-order chi connectivity index (χ1) is 12.2. The Morgan fingerprint density at radius 1 is 1.38 bits per heavy atom. The number of nitrogens with one attached hydrogen (secondary N) is 1. The Balaban J connectivity index is 1.80. The Morgan fingerprint density at radius 2 is 2.12 bits per heavy atom. The summed E-state index contributed by atoms with van der Waals surface area (Å²) in [6.45, 7) is 7.46. The number of hydrogen-bond acceptors (Lipinski definition) is 5. The summed E-state index contributed by atoms with van der Waals surface area (Å²) in [6.07, 6.45) is 0.572. The quantitative estimate of drug-likeness (QED) is 0.909. The summed E-state index contributed by atoms with van der Waals surface area (Å²) in [6, 6.07) is 3.57. The van der Waals surface area contributed by atoms with Gasteiger partial charge >= 0.3 is 0 Å². The molecule has 1 fully saturated rings. The van der Waals surface area contributed by atoms with Crippen molar-refractivity contribution in [1.29, 1.82) is 0 Å². The molecule has 2 aromatic rings. The highest BCUT2D eigenvalue weighted by molar-refractivity contribution is 6.06. The van der Waals surface area contributed by atoms with Gasteiger partial charge in [0, 0.05) is 17.9 Å². The van der Waals surface area contributed by atoms with Crippen LogP contribution in [0.25, 0.3) is 0 Å². The van der Waals surface area contributed by atoms with Gasteiger partial charge in [-0.05, 0) is 25.5 Å². The zero-order valence-corrected chi connectivity index (χ0v) is 15.2. The van der Waals surface area contributed by atoms with Crippen molar-refractivity contribution in [2.45, 2.75) is 52.0 Å². The van der Waals surface area contributed by atoms with E-state index in [0.717, 1.165) is 0 Å². The average Bonchev–Trinajstić information content (AvgIpc) is 3.16. The molecule has 0 unspecified atom stereocenters. The molecule has 0 bridgehead atoms. The van der Waals surface area contributed by atoms with Crippen molar-refractivity contribution < 1.29 is 18.5 Å². The van der Waals surface area contributed by atoms with Gasteiger partial charge in [0.1, 0.15) is 17.7 Å². The normalized spacial score (nSPS) is 17.7. The summed E-state index contributed by atoms with van der Waals surface area (Å²) in [4.78, 5) is 30.3. The van der Waals surface area contributed by atoms with E-state index in [1.807, 2.05) is 20.8 Å². The topological polar surface area (TPSA) is 88.3 Å². The van der Waals surface area contributed by atoms with Gasteiger partial charge in [0.15, 0.2) is 0 Å². The Labute approximate surface area is 150 Å². The van der Waals surface area contributed by atoms with Crippen LogP contribution in [-0.2, 0) is 15.0 Å². The average molecular weight is 360 g/mol. The molecule has 1 aliphatic rings. The zero-order valence-electron chi connectivity index (χ0n) is 15.2. The molecular formula is C18H21FN4O3. The lowest BCUT2D eigenvalue weighted by molar-refractivity contribution is -0.120. The van der Waals surface area contributed by atoms with E-state index >= 15 is 0 Å². The second-order valence-electron chi connectivity index (χ2n) is 7.37. The summed E-state index contributed by atoms with van der Waals surface area (Å²) < 4.78 is 18.6. The molecule has 0 aromatic carbocycles. The van der Waals surface area contributed by atoms with Crippen molar-refractivity contribution in [3.05, 3.63) is 35.4 Å². The minimum atomic E-state index is -0.733. The van der Waals surface area contributed by atoms with Gasteiger partial charge in [-0.3, -0.25) is 19.8 Å². The van der Waals surface area contributed by atoms with E-state index in [4.69, 9.17) is 4.52 Å². The van der Waals surface area contributed by atoms with Gasteiger partial charge in [-0.1, -0.05) is 25.9 Å². The molecule has 1 aliphatic heterocycles.